The van der Waals surface area contributed by atoms with E-state index in [1.165, 1.54) is 12.1 Å². The molecule has 0 aliphatic rings. The quantitative estimate of drug-likeness (QED) is 0.647. The number of halogens is 2. The van der Waals surface area contributed by atoms with Crippen molar-refractivity contribution in [2.24, 2.45) is 5.84 Å². The maximum atomic E-state index is 13.0. The summed E-state index contributed by atoms with van der Waals surface area (Å²) < 4.78 is 23.7. The molecule has 1 aromatic carbocycles. The summed E-state index contributed by atoms with van der Waals surface area (Å²) in [5, 5.41) is 0.0870. The minimum atomic E-state index is -0.476. The van der Waals surface area contributed by atoms with Gasteiger partial charge in [0.25, 0.3) is 0 Å². The Kier molecular flexibility index (Phi) is 4.71. The molecule has 2 rings (SSSR count). The number of ether oxygens (including phenoxy) is 2. The van der Waals surface area contributed by atoms with Gasteiger partial charge in [0.2, 0.25) is 5.95 Å². The average Bonchev–Trinajstić information content (AvgIpc) is 2.41. The number of hydrazine groups is 1. The Balaban J connectivity index is 2.29. The zero-order chi connectivity index (χ0) is 15.4. The van der Waals surface area contributed by atoms with E-state index in [2.05, 4.69) is 20.4 Å². The van der Waals surface area contributed by atoms with Crippen molar-refractivity contribution in [1.29, 1.82) is 0 Å². The predicted octanol–water partition coefficient (Wildman–Crippen LogP) is 2.53. The molecule has 0 aliphatic heterocycles. The highest BCUT2D eigenvalue weighted by molar-refractivity contribution is 6.32. The van der Waals surface area contributed by atoms with Gasteiger partial charge in [0.15, 0.2) is 0 Å². The first kappa shape index (κ1) is 15.2. The fourth-order valence-electron chi connectivity index (χ4n) is 1.37. The summed E-state index contributed by atoms with van der Waals surface area (Å²) >= 11 is 5.87. The SMILES string of the molecule is CC(C)Oc1nc(NN)nc(Oc2ccc(F)cc2Cl)n1. The molecule has 3 N–H and O–H groups in total. The topological polar surface area (TPSA) is 95.2 Å². The Labute approximate surface area is 125 Å². The van der Waals surface area contributed by atoms with Gasteiger partial charge in [-0.2, -0.15) is 9.97 Å². The molecule has 1 heterocycles. The van der Waals surface area contributed by atoms with Crippen molar-refractivity contribution >= 4 is 17.5 Å². The number of nitrogen functional groups attached to an aromatic ring is 1. The standard InChI is InChI=1S/C12H13ClFN5O2/c1-6(2)20-11-16-10(19-15)17-12(18-11)21-9-4-3-7(14)5-8(9)13/h3-6H,15H2,1-2H3,(H,16,17,18,19). The van der Waals surface area contributed by atoms with Gasteiger partial charge in [0.05, 0.1) is 11.1 Å². The molecule has 9 heteroatoms. The van der Waals surface area contributed by atoms with Crippen LogP contribution in [0.1, 0.15) is 13.8 Å². The van der Waals surface area contributed by atoms with Crippen molar-refractivity contribution in [3.8, 4) is 17.8 Å². The molecule has 0 fully saturated rings. The lowest BCUT2D eigenvalue weighted by atomic mass is 10.3. The number of anilines is 1. The number of nitrogens with zero attached hydrogens (tertiary/aromatic N) is 3. The lowest BCUT2D eigenvalue weighted by Gasteiger charge is -2.11. The van der Waals surface area contributed by atoms with Crippen LogP contribution < -0.4 is 20.7 Å². The van der Waals surface area contributed by atoms with Gasteiger partial charge in [0, 0.05) is 0 Å². The average molecular weight is 314 g/mol. The van der Waals surface area contributed by atoms with Gasteiger partial charge < -0.3 is 9.47 Å². The summed E-state index contributed by atoms with van der Waals surface area (Å²) in [7, 11) is 0. The van der Waals surface area contributed by atoms with E-state index in [1.54, 1.807) is 0 Å². The minimum absolute atomic E-state index is 0.0428. The minimum Gasteiger partial charge on any atom is -0.461 e. The third-order valence-electron chi connectivity index (χ3n) is 2.16. The van der Waals surface area contributed by atoms with Gasteiger partial charge in [-0.1, -0.05) is 11.6 Å². The predicted molar refractivity (Wildman–Crippen MR) is 74.9 cm³/mol. The van der Waals surface area contributed by atoms with Gasteiger partial charge in [-0.15, -0.1) is 4.98 Å². The maximum Gasteiger partial charge on any atom is 0.330 e. The Bertz CT molecular complexity index is 641. The fraction of sp³-hybridized carbons (Fsp3) is 0.250. The highest BCUT2D eigenvalue weighted by atomic mass is 35.5. The fourth-order valence-corrected chi connectivity index (χ4v) is 1.57. The van der Waals surface area contributed by atoms with E-state index in [-0.39, 0.29) is 34.8 Å². The molecule has 7 nitrogen and oxygen atoms in total. The molecule has 0 spiro atoms. The van der Waals surface area contributed by atoms with Gasteiger partial charge in [0.1, 0.15) is 11.6 Å². The smallest absolute Gasteiger partial charge is 0.330 e. The summed E-state index contributed by atoms with van der Waals surface area (Å²) in [4.78, 5) is 11.8. The largest absolute Gasteiger partial charge is 0.461 e. The highest BCUT2D eigenvalue weighted by Crippen LogP contribution is 2.29. The normalized spacial score (nSPS) is 10.6. The lowest BCUT2D eigenvalue weighted by Crippen LogP contribution is -2.15. The third-order valence-corrected chi connectivity index (χ3v) is 2.46. The van der Waals surface area contributed by atoms with Crippen molar-refractivity contribution in [2.45, 2.75) is 20.0 Å². The van der Waals surface area contributed by atoms with Gasteiger partial charge in [-0.3, -0.25) is 5.43 Å². The molecule has 0 saturated heterocycles. The molecule has 0 unspecified atom stereocenters. The Morgan fingerprint density at radius 1 is 1.24 bits per heavy atom. The molecule has 0 radical (unpaired) electrons. The van der Waals surface area contributed by atoms with Crippen molar-refractivity contribution in [3.63, 3.8) is 0 Å². The monoisotopic (exact) mass is 313 g/mol. The summed E-state index contributed by atoms with van der Waals surface area (Å²) in [5.41, 5.74) is 2.28. The van der Waals surface area contributed by atoms with Crippen LogP contribution >= 0.6 is 11.6 Å². The molecule has 0 bridgehead atoms. The van der Waals surface area contributed by atoms with Crippen LogP contribution in [0.2, 0.25) is 5.02 Å². The van der Waals surface area contributed by atoms with Crippen LogP contribution in [0, 0.1) is 5.82 Å². The zero-order valence-electron chi connectivity index (χ0n) is 11.3. The van der Waals surface area contributed by atoms with E-state index >= 15 is 0 Å². The Morgan fingerprint density at radius 3 is 2.57 bits per heavy atom. The van der Waals surface area contributed by atoms with Crippen molar-refractivity contribution in [2.75, 3.05) is 5.43 Å². The first-order valence-electron chi connectivity index (χ1n) is 6.00. The molecule has 0 amide bonds. The van der Waals surface area contributed by atoms with E-state index in [4.69, 9.17) is 26.9 Å². The molecule has 0 saturated carbocycles. The van der Waals surface area contributed by atoms with Crippen LogP contribution in [0.4, 0.5) is 10.3 Å². The van der Waals surface area contributed by atoms with E-state index in [9.17, 15) is 4.39 Å². The third kappa shape index (κ3) is 4.14. The summed E-state index contributed by atoms with van der Waals surface area (Å²) in [6.45, 7) is 3.63. The second-order valence-electron chi connectivity index (χ2n) is 4.21. The van der Waals surface area contributed by atoms with Gasteiger partial charge in [-0.25, -0.2) is 10.2 Å². The molecular formula is C12H13ClFN5O2. The molecule has 21 heavy (non-hydrogen) atoms. The van der Waals surface area contributed by atoms with Gasteiger partial charge >= 0.3 is 12.0 Å². The van der Waals surface area contributed by atoms with E-state index in [1.807, 2.05) is 13.8 Å². The summed E-state index contributed by atoms with van der Waals surface area (Å²) in [5.74, 6) is 5.06. The first-order valence-corrected chi connectivity index (χ1v) is 6.38. The van der Waals surface area contributed by atoms with Crippen LogP contribution in [0.15, 0.2) is 18.2 Å². The molecular weight excluding hydrogens is 301 g/mol. The number of nitrogens with two attached hydrogens (primary N) is 1. The van der Waals surface area contributed by atoms with Crippen LogP contribution in [0.25, 0.3) is 0 Å². The zero-order valence-corrected chi connectivity index (χ0v) is 12.1. The lowest BCUT2D eigenvalue weighted by molar-refractivity contribution is 0.218. The van der Waals surface area contributed by atoms with Crippen molar-refractivity contribution in [3.05, 3.63) is 29.0 Å². The molecule has 112 valence electrons. The number of hydrogen-bond donors (Lipinski definition) is 2. The van der Waals surface area contributed by atoms with Crippen molar-refractivity contribution < 1.29 is 13.9 Å². The summed E-state index contributed by atoms with van der Waals surface area (Å²) in [6.07, 6.45) is -0.139. The van der Waals surface area contributed by atoms with Crippen LogP contribution in [0.3, 0.4) is 0 Å². The van der Waals surface area contributed by atoms with Crippen LogP contribution in [-0.2, 0) is 0 Å². The van der Waals surface area contributed by atoms with Crippen LogP contribution in [0.5, 0.6) is 17.8 Å². The molecule has 2 aromatic rings. The second-order valence-corrected chi connectivity index (χ2v) is 4.62. The number of hydrogen-bond acceptors (Lipinski definition) is 7. The number of benzene rings is 1. The summed E-state index contributed by atoms with van der Waals surface area (Å²) in [6, 6.07) is 3.64. The highest BCUT2D eigenvalue weighted by Gasteiger charge is 2.12. The molecule has 0 atom stereocenters. The Hall–Kier alpha value is -2.19. The molecule has 0 aliphatic carbocycles. The van der Waals surface area contributed by atoms with Crippen LogP contribution in [-0.4, -0.2) is 21.1 Å². The number of nitrogens with one attached hydrogen (secondary N) is 1. The van der Waals surface area contributed by atoms with Crippen molar-refractivity contribution in [1.82, 2.24) is 15.0 Å². The van der Waals surface area contributed by atoms with E-state index < -0.39 is 5.82 Å². The Morgan fingerprint density at radius 2 is 1.95 bits per heavy atom. The van der Waals surface area contributed by atoms with E-state index in [0.717, 1.165) is 6.07 Å². The number of aromatic nitrogens is 3. The second kappa shape index (κ2) is 6.51. The maximum absolute atomic E-state index is 13.0. The van der Waals surface area contributed by atoms with E-state index in [0.29, 0.717) is 0 Å². The van der Waals surface area contributed by atoms with Gasteiger partial charge in [-0.05, 0) is 32.0 Å². The number of rotatable bonds is 5. The first-order chi connectivity index (χ1) is 9.97. The molecule has 1 aromatic heterocycles.